The van der Waals surface area contributed by atoms with E-state index < -0.39 is 0 Å². The summed E-state index contributed by atoms with van der Waals surface area (Å²) < 4.78 is 17.6. The molecule has 0 aliphatic rings. The van der Waals surface area contributed by atoms with Crippen molar-refractivity contribution < 1.29 is 13.9 Å². The lowest BCUT2D eigenvalue weighted by molar-refractivity contribution is 0.0601. The van der Waals surface area contributed by atoms with Crippen LogP contribution in [0.5, 0.6) is 0 Å². The molecule has 0 heterocycles. The van der Waals surface area contributed by atoms with Gasteiger partial charge in [-0.3, -0.25) is 0 Å². The second-order valence-electron chi connectivity index (χ2n) is 5.63. The van der Waals surface area contributed by atoms with Gasteiger partial charge >= 0.3 is 5.97 Å². The molecule has 0 unspecified atom stereocenters. The number of carbonyl (C=O) groups excluding carboxylic acids is 1. The highest BCUT2D eigenvalue weighted by molar-refractivity contribution is 5.89. The van der Waals surface area contributed by atoms with E-state index >= 15 is 0 Å². The van der Waals surface area contributed by atoms with Crippen LogP contribution in [0, 0.1) is 5.82 Å². The Morgan fingerprint density at radius 2 is 1.44 bits per heavy atom. The Bertz CT molecular complexity index is 841. The minimum absolute atomic E-state index is 0.242. The summed E-state index contributed by atoms with van der Waals surface area (Å²) in [5, 5.41) is 3.26. The molecule has 4 heteroatoms. The summed E-state index contributed by atoms with van der Waals surface area (Å²) in [7, 11) is 1.37. The number of carbonyl (C=O) groups is 1. The van der Waals surface area contributed by atoms with Gasteiger partial charge in [0.1, 0.15) is 5.82 Å². The van der Waals surface area contributed by atoms with Gasteiger partial charge in [0, 0.05) is 12.2 Å². The lowest BCUT2D eigenvalue weighted by Crippen LogP contribution is -2.00. The molecule has 1 N–H and O–H groups in total. The van der Waals surface area contributed by atoms with Gasteiger partial charge in [-0.1, -0.05) is 36.4 Å². The van der Waals surface area contributed by atoms with Crippen LogP contribution in [-0.4, -0.2) is 13.1 Å². The smallest absolute Gasteiger partial charge is 0.337 e. The summed E-state index contributed by atoms with van der Waals surface area (Å²) in [5.41, 5.74) is 4.64. The van der Waals surface area contributed by atoms with Gasteiger partial charge in [0.15, 0.2) is 0 Å². The number of anilines is 1. The molecule has 0 saturated heterocycles. The van der Waals surface area contributed by atoms with Crippen molar-refractivity contribution in [1.82, 2.24) is 0 Å². The Kier molecular flexibility index (Phi) is 5.09. The number of benzene rings is 3. The van der Waals surface area contributed by atoms with Gasteiger partial charge in [-0.15, -0.1) is 0 Å². The molecule has 3 nitrogen and oxygen atoms in total. The van der Waals surface area contributed by atoms with Crippen molar-refractivity contribution >= 4 is 11.7 Å². The number of methoxy groups -OCH3 is 1. The predicted molar refractivity (Wildman–Crippen MR) is 96.9 cm³/mol. The first kappa shape index (κ1) is 16.7. The second kappa shape index (κ2) is 7.62. The Morgan fingerprint density at radius 1 is 0.880 bits per heavy atom. The van der Waals surface area contributed by atoms with Crippen molar-refractivity contribution in [2.45, 2.75) is 6.54 Å². The monoisotopic (exact) mass is 335 g/mol. The van der Waals surface area contributed by atoms with Crippen LogP contribution in [-0.2, 0) is 11.3 Å². The molecule has 0 saturated carbocycles. The molecule has 0 radical (unpaired) electrons. The van der Waals surface area contributed by atoms with Crippen molar-refractivity contribution in [2.24, 2.45) is 0 Å². The Hall–Kier alpha value is -3.14. The molecule has 0 atom stereocenters. The molecule has 3 aromatic carbocycles. The minimum Gasteiger partial charge on any atom is -0.465 e. The fourth-order valence-corrected chi connectivity index (χ4v) is 2.50. The SMILES string of the molecule is COC(=O)c1ccc(-c2ccc(CNc3ccc(F)cc3)cc2)cc1. The van der Waals surface area contributed by atoms with Crippen LogP contribution in [0.4, 0.5) is 10.1 Å². The van der Waals surface area contributed by atoms with Crippen LogP contribution in [0.25, 0.3) is 11.1 Å². The third-order valence-electron chi connectivity index (χ3n) is 3.93. The fourth-order valence-electron chi connectivity index (χ4n) is 2.50. The van der Waals surface area contributed by atoms with E-state index in [4.69, 9.17) is 4.74 Å². The van der Waals surface area contributed by atoms with Crippen LogP contribution in [0.3, 0.4) is 0 Å². The zero-order chi connectivity index (χ0) is 17.6. The van der Waals surface area contributed by atoms with E-state index in [9.17, 15) is 9.18 Å². The first-order chi connectivity index (χ1) is 12.2. The van der Waals surface area contributed by atoms with Crippen LogP contribution < -0.4 is 5.32 Å². The highest BCUT2D eigenvalue weighted by atomic mass is 19.1. The lowest BCUT2D eigenvalue weighted by Gasteiger charge is -2.08. The third kappa shape index (κ3) is 4.23. The number of rotatable bonds is 5. The molecule has 126 valence electrons. The highest BCUT2D eigenvalue weighted by Gasteiger charge is 2.05. The van der Waals surface area contributed by atoms with Gasteiger partial charge in [0.25, 0.3) is 0 Å². The van der Waals surface area contributed by atoms with E-state index in [0.717, 1.165) is 22.4 Å². The van der Waals surface area contributed by atoms with Crippen molar-refractivity contribution in [3.05, 3.63) is 89.7 Å². The molecular formula is C21H18FNO2. The van der Waals surface area contributed by atoms with Crippen molar-refractivity contribution in [3.63, 3.8) is 0 Å². The lowest BCUT2D eigenvalue weighted by atomic mass is 10.0. The zero-order valence-electron chi connectivity index (χ0n) is 13.8. The van der Waals surface area contributed by atoms with E-state index in [1.165, 1.54) is 19.2 Å². The number of halogens is 1. The number of esters is 1. The number of ether oxygens (including phenoxy) is 1. The van der Waals surface area contributed by atoms with Crippen LogP contribution >= 0.6 is 0 Å². The molecule has 0 fully saturated rings. The van der Waals surface area contributed by atoms with E-state index in [1.807, 2.05) is 36.4 Å². The molecule has 0 aliphatic carbocycles. The summed E-state index contributed by atoms with van der Waals surface area (Å²) in [4.78, 5) is 11.5. The molecule has 0 spiro atoms. The molecule has 3 rings (SSSR count). The second-order valence-corrected chi connectivity index (χ2v) is 5.63. The van der Waals surface area contributed by atoms with E-state index in [-0.39, 0.29) is 11.8 Å². The van der Waals surface area contributed by atoms with Gasteiger partial charge in [-0.2, -0.15) is 0 Å². The first-order valence-electron chi connectivity index (χ1n) is 7.93. The van der Waals surface area contributed by atoms with Crippen LogP contribution in [0.1, 0.15) is 15.9 Å². The fraction of sp³-hybridized carbons (Fsp3) is 0.0952. The maximum Gasteiger partial charge on any atom is 0.337 e. The summed E-state index contributed by atoms with van der Waals surface area (Å²) in [6, 6.07) is 21.8. The van der Waals surface area contributed by atoms with Gasteiger partial charge < -0.3 is 10.1 Å². The Balaban J connectivity index is 1.65. The maximum atomic E-state index is 12.9. The molecule has 3 aromatic rings. The topological polar surface area (TPSA) is 38.3 Å². The maximum absolute atomic E-state index is 12.9. The Labute approximate surface area is 146 Å². The standard InChI is InChI=1S/C21H18FNO2/c1-25-21(24)18-8-6-17(7-9-18)16-4-2-15(3-5-16)14-23-20-12-10-19(22)11-13-20/h2-13,23H,14H2,1H3. The molecule has 0 bridgehead atoms. The first-order valence-corrected chi connectivity index (χ1v) is 7.93. The highest BCUT2D eigenvalue weighted by Crippen LogP contribution is 2.21. The molecular weight excluding hydrogens is 317 g/mol. The van der Waals surface area contributed by atoms with E-state index in [1.54, 1.807) is 24.3 Å². The van der Waals surface area contributed by atoms with Gasteiger partial charge in [-0.05, 0) is 53.1 Å². The number of nitrogens with one attached hydrogen (secondary N) is 1. The van der Waals surface area contributed by atoms with Gasteiger partial charge in [0.05, 0.1) is 12.7 Å². The molecule has 25 heavy (non-hydrogen) atoms. The number of hydrogen-bond acceptors (Lipinski definition) is 3. The predicted octanol–water partition coefficient (Wildman–Crippen LogP) is 4.89. The summed E-state index contributed by atoms with van der Waals surface area (Å²) in [6.07, 6.45) is 0. The van der Waals surface area contributed by atoms with Crippen molar-refractivity contribution in [1.29, 1.82) is 0 Å². The molecule has 0 aromatic heterocycles. The van der Waals surface area contributed by atoms with E-state index in [2.05, 4.69) is 5.32 Å². The Morgan fingerprint density at radius 3 is 2.00 bits per heavy atom. The molecule has 0 aliphatic heterocycles. The van der Waals surface area contributed by atoms with Crippen molar-refractivity contribution in [2.75, 3.05) is 12.4 Å². The largest absolute Gasteiger partial charge is 0.465 e. The van der Waals surface area contributed by atoms with Gasteiger partial charge in [0.2, 0.25) is 0 Å². The third-order valence-corrected chi connectivity index (χ3v) is 3.93. The van der Waals surface area contributed by atoms with Crippen LogP contribution in [0.2, 0.25) is 0 Å². The van der Waals surface area contributed by atoms with Gasteiger partial charge in [-0.25, -0.2) is 9.18 Å². The molecule has 0 amide bonds. The van der Waals surface area contributed by atoms with E-state index in [0.29, 0.717) is 12.1 Å². The average molecular weight is 335 g/mol. The zero-order valence-corrected chi connectivity index (χ0v) is 13.8. The normalized spacial score (nSPS) is 10.3. The summed E-state index contributed by atoms with van der Waals surface area (Å²) in [5.74, 6) is -0.582. The quantitative estimate of drug-likeness (QED) is 0.675. The average Bonchev–Trinajstić information content (AvgIpc) is 2.67. The van der Waals surface area contributed by atoms with Crippen molar-refractivity contribution in [3.8, 4) is 11.1 Å². The summed E-state index contributed by atoms with van der Waals surface area (Å²) >= 11 is 0. The number of hydrogen-bond donors (Lipinski definition) is 1. The summed E-state index contributed by atoms with van der Waals surface area (Å²) in [6.45, 7) is 0.660. The minimum atomic E-state index is -0.339. The van der Waals surface area contributed by atoms with Crippen LogP contribution in [0.15, 0.2) is 72.8 Å².